The van der Waals surface area contributed by atoms with Gasteiger partial charge < -0.3 is 9.84 Å². The fourth-order valence-electron chi connectivity index (χ4n) is 2.33. The van der Waals surface area contributed by atoms with Crippen LogP contribution < -0.4 is 10.2 Å². The summed E-state index contributed by atoms with van der Waals surface area (Å²) in [5.74, 6) is -0.140. The number of benzene rings is 1. The van der Waals surface area contributed by atoms with E-state index < -0.39 is 11.2 Å². The number of ketones is 1. The molecule has 0 aliphatic rings. The molecule has 0 fully saturated rings. The van der Waals surface area contributed by atoms with Crippen LogP contribution >= 0.6 is 0 Å². The van der Waals surface area contributed by atoms with Crippen molar-refractivity contribution in [3.63, 3.8) is 0 Å². The molecule has 0 aliphatic carbocycles. The average Bonchev–Trinajstić information content (AvgIpc) is 2.59. The van der Waals surface area contributed by atoms with Gasteiger partial charge in [-0.3, -0.25) is 9.59 Å². The Hall–Kier alpha value is -2.62. The number of Topliss-reactive ketones (excluding diaryl/α,β-unsaturated/α-hetero) is 1. The predicted octanol–water partition coefficient (Wildman–Crippen LogP) is 2.87. The first kappa shape index (κ1) is 15.8. The molecule has 114 valence electrons. The van der Waals surface area contributed by atoms with E-state index in [-0.39, 0.29) is 11.5 Å². The van der Waals surface area contributed by atoms with Crippen molar-refractivity contribution in [2.45, 2.75) is 20.3 Å². The number of hydrogen-bond donors (Lipinski definition) is 1. The summed E-state index contributed by atoms with van der Waals surface area (Å²) >= 11 is 0. The average molecular weight is 298 g/mol. The van der Waals surface area contributed by atoms with Crippen molar-refractivity contribution < 1.29 is 14.6 Å². The van der Waals surface area contributed by atoms with E-state index in [1.54, 1.807) is 13.0 Å². The monoisotopic (exact) mass is 298 g/mol. The van der Waals surface area contributed by atoms with Crippen LogP contribution in [0.3, 0.4) is 0 Å². The fourth-order valence-corrected chi connectivity index (χ4v) is 2.33. The van der Waals surface area contributed by atoms with Gasteiger partial charge in [0.05, 0.1) is 7.11 Å². The van der Waals surface area contributed by atoms with E-state index in [9.17, 15) is 14.7 Å². The maximum atomic E-state index is 12.0. The number of rotatable bonds is 4. The smallest absolute Gasteiger partial charge is 0.224 e. The highest BCUT2D eigenvalue weighted by Gasteiger charge is 2.10. The molecule has 0 radical (unpaired) electrons. The summed E-state index contributed by atoms with van der Waals surface area (Å²) in [6, 6.07) is 10.5. The predicted molar refractivity (Wildman–Crippen MR) is 85.5 cm³/mol. The van der Waals surface area contributed by atoms with Gasteiger partial charge >= 0.3 is 0 Å². The topological polar surface area (TPSA) is 63.6 Å². The SMILES string of the molecule is COc1cc(C)c(-c2ccc(CC(C)=O)cc2)cc(=O)c1O. The molecule has 0 unspecified atom stereocenters. The number of carbonyl (C=O) groups is 1. The normalized spacial score (nSPS) is 10.3. The fraction of sp³-hybridized carbons (Fsp3) is 0.222. The van der Waals surface area contributed by atoms with E-state index in [1.807, 2.05) is 31.2 Å². The van der Waals surface area contributed by atoms with E-state index in [4.69, 9.17) is 4.74 Å². The zero-order chi connectivity index (χ0) is 16.3. The summed E-state index contributed by atoms with van der Waals surface area (Å²) in [6.07, 6.45) is 0.392. The lowest BCUT2D eigenvalue weighted by molar-refractivity contribution is -0.116. The zero-order valence-electron chi connectivity index (χ0n) is 12.8. The van der Waals surface area contributed by atoms with Crippen molar-refractivity contribution in [3.05, 3.63) is 57.7 Å². The van der Waals surface area contributed by atoms with Gasteiger partial charge in [0.1, 0.15) is 5.78 Å². The molecule has 0 aromatic heterocycles. The Morgan fingerprint density at radius 2 is 1.82 bits per heavy atom. The van der Waals surface area contributed by atoms with Crippen LogP contribution in [-0.4, -0.2) is 18.0 Å². The van der Waals surface area contributed by atoms with Crippen LogP contribution in [0, 0.1) is 6.92 Å². The first-order valence-corrected chi connectivity index (χ1v) is 6.93. The second-order valence-corrected chi connectivity index (χ2v) is 5.24. The van der Waals surface area contributed by atoms with Gasteiger partial charge in [-0.25, -0.2) is 0 Å². The summed E-state index contributed by atoms with van der Waals surface area (Å²) in [4.78, 5) is 23.1. The third-order valence-electron chi connectivity index (χ3n) is 3.45. The third-order valence-corrected chi connectivity index (χ3v) is 3.45. The molecule has 4 nitrogen and oxygen atoms in total. The second kappa shape index (κ2) is 6.43. The lowest BCUT2D eigenvalue weighted by Crippen LogP contribution is -1.97. The minimum absolute atomic E-state index is 0.103. The Bertz CT molecular complexity index is 761. The third kappa shape index (κ3) is 3.34. The van der Waals surface area contributed by atoms with Crippen LogP contribution in [0.1, 0.15) is 18.1 Å². The van der Waals surface area contributed by atoms with Crippen LogP contribution in [0.2, 0.25) is 0 Å². The lowest BCUT2D eigenvalue weighted by atomic mass is 10.0. The summed E-state index contributed by atoms with van der Waals surface area (Å²) in [5, 5.41) is 9.82. The highest BCUT2D eigenvalue weighted by molar-refractivity contribution is 5.78. The Morgan fingerprint density at radius 1 is 1.18 bits per heavy atom. The molecule has 2 aromatic rings. The minimum atomic E-state index is -0.493. The summed E-state index contributed by atoms with van der Waals surface area (Å²) in [5.41, 5.74) is 2.82. The summed E-state index contributed by atoms with van der Waals surface area (Å²) < 4.78 is 5.03. The van der Waals surface area contributed by atoms with Crippen molar-refractivity contribution in [2.75, 3.05) is 7.11 Å². The standard InChI is InChI=1S/C18H18O4/c1-11-8-17(22-3)18(21)16(20)10-15(11)14-6-4-13(5-7-14)9-12(2)19/h4-8,10H,9H2,1-3H3,(H,20,21). The molecule has 0 heterocycles. The first-order valence-electron chi connectivity index (χ1n) is 6.93. The Labute approximate surface area is 129 Å². The second-order valence-electron chi connectivity index (χ2n) is 5.24. The van der Waals surface area contributed by atoms with E-state index in [2.05, 4.69) is 0 Å². The molecule has 2 rings (SSSR count). The van der Waals surface area contributed by atoms with Gasteiger partial charge in [-0.2, -0.15) is 0 Å². The summed E-state index contributed by atoms with van der Waals surface area (Å²) in [7, 11) is 1.41. The maximum Gasteiger partial charge on any atom is 0.224 e. The van der Waals surface area contributed by atoms with Crippen molar-refractivity contribution in [3.8, 4) is 22.6 Å². The molecular weight excluding hydrogens is 280 g/mol. The first-order chi connectivity index (χ1) is 10.4. The van der Waals surface area contributed by atoms with Gasteiger partial charge in [0.15, 0.2) is 5.75 Å². The van der Waals surface area contributed by atoms with Crippen molar-refractivity contribution in [1.82, 2.24) is 0 Å². The van der Waals surface area contributed by atoms with Crippen LogP contribution in [0.5, 0.6) is 11.5 Å². The molecule has 0 saturated carbocycles. The van der Waals surface area contributed by atoms with Crippen LogP contribution in [0.25, 0.3) is 11.1 Å². The van der Waals surface area contributed by atoms with E-state index >= 15 is 0 Å². The van der Waals surface area contributed by atoms with Gasteiger partial charge in [-0.15, -0.1) is 0 Å². The van der Waals surface area contributed by atoms with Gasteiger partial charge in [0, 0.05) is 6.42 Å². The quantitative estimate of drug-likeness (QED) is 0.942. The number of aromatic hydroxyl groups is 1. The molecule has 0 atom stereocenters. The molecule has 1 N–H and O–H groups in total. The highest BCUT2D eigenvalue weighted by Crippen LogP contribution is 2.28. The Balaban J connectivity index is 2.53. The zero-order valence-corrected chi connectivity index (χ0v) is 12.8. The molecule has 0 aliphatic heterocycles. The van der Waals surface area contributed by atoms with Crippen LogP contribution in [0.4, 0.5) is 0 Å². The molecule has 0 bridgehead atoms. The molecule has 0 amide bonds. The number of ether oxygens (including phenoxy) is 1. The lowest BCUT2D eigenvalue weighted by Gasteiger charge is -2.04. The Morgan fingerprint density at radius 3 is 2.36 bits per heavy atom. The molecule has 22 heavy (non-hydrogen) atoms. The van der Waals surface area contributed by atoms with Gasteiger partial charge in [0.25, 0.3) is 0 Å². The maximum absolute atomic E-state index is 12.0. The molecule has 0 spiro atoms. The van der Waals surface area contributed by atoms with Gasteiger partial charge in [-0.05, 0) is 48.2 Å². The van der Waals surface area contributed by atoms with Crippen molar-refractivity contribution in [2.24, 2.45) is 0 Å². The summed E-state index contributed by atoms with van der Waals surface area (Å²) in [6.45, 7) is 3.40. The number of methoxy groups -OCH3 is 1. The number of hydrogen-bond acceptors (Lipinski definition) is 4. The van der Waals surface area contributed by atoms with E-state index in [0.717, 1.165) is 22.3 Å². The van der Waals surface area contributed by atoms with Crippen LogP contribution in [-0.2, 0) is 11.2 Å². The van der Waals surface area contributed by atoms with Crippen LogP contribution in [0.15, 0.2) is 41.2 Å². The van der Waals surface area contributed by atoms with Gasteiger partial charge in [-0.1, -0.05) is 24.3 Å². The molecule has 0 saturated heterocycles. The van der Waals surface area contributed by atoms with Crippen molar-refractivity contribution >= 4 is 5.78 Å². The molecule has 2 aromatic carbocycles. The molecule has 4 heteroatoms. The van der Waals surface area contributed by atoms with Gasteiger partial charge in [0.2, 0.25) is 11.2 Å². The number of aryl methyl sites for hydroxylation is 1. The highest BCUT2D eigenvalue weighted by atomic mass is 16.5. The van der Waals surface area contributed by atoms with E-state index in [0.29, 0.717) is 6.42 Å². The minimum Gasteiger partial charge on any atom is -0.502 e. The van der Waals surface area contributed by atoms with Crippen molar-refractivity contribution in [1.29, 1.82) is 0 Å². The number of carbonyl (C=O) groups excluding carboxylic acids is 1. The molecular formula is C18H18O4. The van der Waals surface area contributed by atoms with E-state index in [1.165, 1.54) is 13.2 Å². The largest absolute Gasteiger partial charge is 0.502 e. The Kier molecular flexibility index (Phi) is 4.61.